The number of aldehydes is 1. The Morgan fingerprint density at radius 1 is 0.889 bits per heavy atom. The molecule has 0 saturated carbocycles. The van der Waals surface area contributed by atoms with Gasteiger partial charge in [0.1, 0.15) is 6.10 Å². The molecule has 0 aliphatic carbocycles. The highest BCUT2D eigenvalue weighted by Gasteiger charge is 2.07. The second-order valence-electron chi connectivity index (χ2n) is 3.91. The lowest BCUT2D eigenvalue weighted by Gasteiger charge is -2.07. The van der Waals surface area contributed by atoms with Gasteiger partial charge in [0, 0.05) is 0 Å². The third-order valence-corrected chi connectivity index (χ3v) is 2.69. The number of hydrogen-bond acceptors (Lipinski definition) is 4. The van der Waals surface area contributed by atoms with Gasteiger partial charge in [0.05, 0.1) is 0 Å². The predicted octanol–water partition coefficient (Wildman–Crippen LogP) is 2.00. The van der Waals surface area contributed by atoms with Crippen LogP contribution in [0.2, 0.25) is 0 Å². The molecule has 2 aromatic rings. The number of aliphatic hydroxyl groups is 1. The van der Waals surface area contributed by atoms with E-state index in [2.05, 4.69) is 0 Å². The normalized spacial score (nSPS) is 12.1. The van der Waals surface area contributed by atoms with Gasteiger partial charge >= 0.3 is 0 Å². The molecule has 0 heterocycles. The summed E-state index contributed by atoms with van der Waals surface area (Å²) in [4.78, 5) is 10.4. The van der Waals surface area contributed by atoms with E-state index >= 15 is 0 Å². The number of hydrogen-bond donors (Lipinski definition) is 3. The van der Waals surface area contributed by atoms with Gasteiger partial charge in [-0.2, -0.15) is 0 Å². The summed E-state index contributed by atoms with van der Waals surface area (Å²) in [6.45, 7) is 0. The van der Waals surface area contributed by atoms with Crippen molar-refractivity contribution in [1.82, 2.24) is 0 Å². The van der Waals surface area contributed by atoms with Crippen LogP contribution in [-0.2, 0) is 4.79 Å². The number of carbonyl (C=O) groups excluding carboxylic acids is 1. The molecule has 0 saturated heterocycles. The van der Waals surface area contributed by atoms with Crippen LogP contribution in [-0.4, -0.2) is 21.6 Å². The lowest BCUT2D eigenvalue weighted by molar-refractivity contribution is -0.115. The lowest BCUT2D eigenvalue weighted by Crippen LogP contribution is -1.97. The number of carbonyl (C=O) groups is 1. The number of benzene rings is 2. The maximum absolute atomic E-state index is 10.4. The van der Waals surface area contributed by atoms with Crippen molar-refractivity contribution < 1.29 is 20.1 Å². The molecule has 1 unspecified atom stereocenters. The maximum atomic E-state index is 10.4. The molecule has 92 valence electrons. The van der Waals surface area contributed by atoms with E-state index in [1.807, 2.05) is 0 Å². The van der Waals surface area contributed by atoms with Crippen LogP contribution in [0.1, 0.15) is 11.7 Å². The zero-order valence-corrected chi connectivity index (χ0v) is 9.45. The van der Waals surface area contributed by atoms with E-state index in [4.69, 9.17) is 0 Å². The summed E-state index contributed by atoms with van der Waals surface area (Å²) < 4.78 is 0. The Kier molecular flexibility index (Phi) is 3.30. The summed E-state index contributed by atoms with van der Waals surface area (Å²) in [5.74, 6) is -0.365. The highest BCUT2D eigenvalue weighted by molar-refractivity contribution is 5.68. The van der Waals surface area contributed by atoms with Gasteiger partial charge in [0.25, 0.3) is 0 Å². The molecule has 0 aromatic heterocycles. The molecule has 0 bridgehead atoms. The van der Waals surface area contributed by atoms with Crippen molar-refractivity contribution in [2.24, 2.45) is 0 Å². The molecule has 2 aromatic carbocycles. The summed E-state index contributed by atoms with van der Waals surface area (Å²) in [6.07, 6.45) is -0.659. The zero-order valence-electron chi connectivity index (χ0n) is 9.45. The second-order valence-corrected chi connectivity index (χ2v) is 3.91. The van der Waals surface area contributed by atoms with Crippen molar-refractivity contribution in [3.05, 3.63) is 48.0 Å². The highest BCUT2D eigenvalue weighted by Crippen LogP contribution is 2.30. The van der Waals surface area contributed by atoms with Gasteiger partial charge in [0.2, 0.25) is 0 Å². The molecule has 0 aliphatic heterocycles. The van der Waals surface area contributed by atoms with Crippen LogP contribution in [0.25, 0.3) is 11.1 Å². The number of rotatable bonds is 3. The number of phenolic OH excluding ortho intramolecular Hbond substituents is 2. The van der Waals surface area contributed by atoms with E-state index in [0.717, 1.165) is 11.1 Å². The third-order valence-electron chi connectivity index (χ3n) is 2.69. The Morgan fingerprint density at radius 2 is 1.50 bits per heavy atom. The fraction of sp³-hybridized carbons (Fsp3) is 0.0714. The molecular formula is C14H12O4. The van der Waals surface area contributed by atoms with Crippen molar-refractivity contribution >= 4 is 6.29 Å². The quantitative estimate of drug-likeness (QED) is 0.570. The summed E-state index contributed by atoms with van der Waals surface area (Å²) in [6, 6.07) is 11.2. The first kappa shape index (κ1) is 12.1. The molecule has 0 radical (unpaired) electrons. The van der Waals surface area contributed by atoms with Crippen molar-refractivity contribution in [1.29, 1.82) is 0 Å². The van der Waals surface area contributed by atoms with Crippen LogP contribution in [0.3, 0.4) is 0 Å². The molecule has 3 N–H and O–H groups in total. The first-order valence-electron chi connectivity index (χ1n) is 5.37. The van der Waals surface area contributed by atoms with E-state index in [9.17, 15) is 20.1 Å². The van der Waals surface area contributed by atoms with Crippen LogP contribution in [0.15, 0.2) is 42.5 Å². The molecule has 1 atom stereocenters. The monoisotopic (exact) mass is 244 g/mol. The second kappa shape index (κ2) is 4.89. The fourth-order valence-corrected chi connectivity index (χ4v) is 1.65. The predicted molar refractivity (Wildman–Crippen MR) is 66.2 cm³/mol. The topological polar surface area (TPSA) is 77.8 Å². The SMILES string of the molecule is O=CC(O)c1ccc(-c2ccc(O)c(O)c2)cc1. The largest absolute Gasteiger partial charge is 0.504 e. The molecule has 4 nitrogen and oxygen atoms in total. The van der Waals surface area contributed by atoms with E-state index < -0.39 is 6.10 Å². The Morgan fingerprint density at radius 3 is 2.06 bits per heavy atom. The average molecular weight is 244 g/mol. The Balaban J connectivity index is 2.34. The molecule has 0 aliphatic rings. The maximum Gasteiger partial charge on any atom is 0.158 e. The minimum Gasteiger partial charge on any atom is -0.504 e. The minimum absolute atomic E-state index is 0.174. The van der Waals surface area contributed by atoms with Crippen molar-refractivity contribution in [2.75, 3.05) is 0 Å². The Bertz CT molecular complexity index is 561. The van der Waals surface area contributed by atoms with Crippen LogP contribution in [0.4, 0.5) is 0 Å². The van der Waals surface area contributed by atoms with Crippen LogP contribution < -0.4 is 0 Å². The van der Waals surface area contributed by atoms with E-state index in [1.54, 1.807) is 30.3 Å². The van der Waals surface area contributed by atoms with Gasteiger partial charge in [-0.05, 0) is 28.8 Å². The lowest BCUT2D eigenvalue weighted by atomic mass is 10.0. The molecule has 4 heteroatoms. The van der Waals surface area contributed by atoms with E-state index in [0.29, 0.717) is 11.8 Å². The fourth-order valence-electron chi connectivity index (χ4n) is 1.65. The first-order valence-corrected chi connectivity index (χ1v) is 5.37. The Hall–Kier alpha value is -2.33. The third kappa shape index (κ3) is 2.33. The summed E-state index contributed by atoms with van der Waals surface area (Å²) in [7, 11) is 0. The summed E-state index contributed by atoms with van der Waals surface area (Å²) in [5, 5.41) is 28.0. The first-order chi connectivity index (χ1) is 8.61. The van der Waals surface area contributed by atoms with Gasteiger partial charge in [-0.1, -0.05) is 30.3 Å². The zero-order chi connectivity index (χ0) is 13.1. The Labute approximate surface area is 104 Å². The summed E-state index contributed by atoms with van der Waals surface area (Å²) >= 11 is 0. The van der Waals surface area contributed by atoms with Crippen LogP contribution in [0.5, 0.6) is 11.5 Å². The smallest absolute Gasteiger partial charge is 0.158 e. The molecular weight excluding hydrogens is 232 g/mol. The van der Waals surface area contributed by atoms with E-state index in [1.165, 1.54) is 12.1 Å². The van der Waals surface area contributed by atoms with Crippen molar-refractivity contribution in [3.8, 4) is 22.6 Å². The van der Waals surface area contributed by atoms with E-state index in [-0.39, 0.29) is 11.5 Å². The van der Waals surface area contributed by atoms with Crippen LogP contribution >= 0.6 is 0 Å². The number of aromatic hydroxyl groups is 2. The van der Waals surface area contributed by atoms with Gasteiger partial charge in [-0.25, -0.2) is 0 Å². The molecule has 2 rings (SSSR count). The van der Waals surface area contributed by atoms with Crippen molar-refractivity contribution in [3.63, 3.8) is 0 Å². The number of phenols is 2. The standard InChI is InChI=1S/C14H12O4/c15-8-14(18)10-3-1-9(2-4-10)11-5-6-12(16)13(17)7-11/h1-8,14,16-18H. The average Bonchev–Trinajstić information content (AvgIpc) is 2.41. The molecule has 0 spiro atoms. The van der Waals surface area contributed by atoms with Gasteiger partial charge in [-0.3, -0.25) is 0 Å². The van der Waals surface area contributed by atoms with Crippen molar-refractivity contribution in [2.45, 2.75) is 6.10 Å². The van der Waals surface area contributed by atoms with Crippen LogP contribution in [0, 0.1) is 0 Å². The van der Waals surface area contributed by atoms with Gasteiger partial charge in [0.15, 0.2) is 17.8 Å². The number of aliphatic hydroxyl groups excluding tert-OH is 1. The van der Waals surface area contributed by atoms with Gasteiger partial charge < -0.3 is 20.1 Å². The molecule has 18 heavy (non-hydrogen) atoms. The molecule has 0 fully saturated rings. The van der Waals surface area contributed by atoms with Gasteiger partial charge in [-0.15, -0.1) is 0 Å². The highest BCUT2D eigenvalue weighted by atomic mass is 16.3. The minimum atomic E-state index is -1.12. The molecule has 0 amide bonds. The summed E-state index contributed by atoms with van der Waals surface area (Å²) in [5.41, 5.74) is 2.06.